The largest absolute Gasteiger partial charge is 0.490 e. The summed E-state index contributed by atoms with van der Waals surface area (Å²) in [5.74, 6) is 1.61. The molecule has 2 N–H and O–H groups in total. The lowest BCUT2D eigenvalue weighted by molar-refractivity contribution is 0.297. The van der Waals surface area contributed by atoms with Gasteiger partial charge in [0.2, 0.25) is 0 Å². The van der Waals surface area contributed by atoms with Crippen LogP contribution in [0.15, 0.2) is 46.5 Å². The second-order valence-corrected chi connectivity index (χ2v) is 6.01. The Morgan fingerprint density at radius 2 is 2.00 bits per heavy atom. The van der Waals surface area contributed by atoms with Crippen LogP contribution in [0.1, 0.15) is 24.9 Å². The number of nitrogens with zero attached hydrogens (tertiary/aromatic N) is 1. The van der Waals surface area contributed by atoms with Crippen LogP contribution in [0.5, 0.6) is 11.5 Å². The number of aromatic nitrogens is 1. The number of hydrogen-bond donors (Lipinski definition) is 1. The molecule has 0 unspecified atom stereocenters. The monoisotopic (exact) mass is 302 g/mol. The highest BCUT2D eigenvalue weighted by molar-refractivity contribution is 7.99. The van der Waals surface area contributed by atoms with E-state index < -0.39 is 0 Å². The first-order valence-corrected chi connectivity index (χ1v) is 7.83. The summed E-state index contributed by atoms with van der Waals surface area (Å²) in [6.45, 7) is 3.36. The molecular weight excluding hydrogens is 284 g/mol. The molecule has 21 heavy (non-hydrogen) atoms. The van der Waals surface area contributed by atoms with E-state index in [0.717, 1.165) is 33.4 Å². The molecule has 2 aromatic rings. The van der Waals surface area contributed by atoms with Gasteiger partial charge in [0.1, 0.15) is 5.03 Å². The minimum absolute atomic E-state index is 0.0402. The molecule has 4 nitrogen and oxygen atoms in total. The summed E-state index contributed by atoms with van der Waals surface area (Å²) in [5.41, 5.74) is 7.05. The second kappa shape index (κ2) is 6.37. The van der Waals surface area contributed by atoms with E-state index in [1.165, 1.54) is 0 Å². The second-order valence-electron chi connectivity index (χ2n) is 4.95. The fourth-order valence-corrected chi connectivity index (χ4v) is 3.16. The average molecular weight is 302 g/mol. The van der Waals surface area contributed by atoms with Crippen LogP contribution in [0, 0.1) is 0 Å². The van der Waals surface area contributed by atoms with Crippen LogP contribution < -0.4 is 15.2 Å². The van der Waals surface area contributed by atoms with E-state index in [1.54, 1.807) is 18.0 Å². The molecule has 1 aromatic carbocycles. The van der Waals surface area contributed by atoms with E-state index >= 15 is 0 Å². The highest BCUT2D eigenvalue weighted by Crippen LogP contribution is 2.37. The molecule has 0 saturated heterocycles. The molecule has 1 aromatic heterocycles. The maximum absolute atomic E-state index is 6.00. The van der Waals surface area contributed by atoms with Crippen molar-refractivity contribution < 1.29 is 9.47 Å². The summed E-state index contributed by atoms with van der Waals surface area (Å²) < 4.78 is 11.4. The molecule has 0 fully saturated rings. The van der Waals surface area contributed by atoms with Crippen LogP contribution in [0.3, 0.4) is 0 Å². The molecule has 5 heteroatoms. The van der Waals surface area contributed by atoms with Gasteiger partial charge in [0, 0.05) is 29.1 Å². The first-order chi connectivity index (χ1) is 10.2. The Kier molecular flexibility index (Phi) is 4.31. The van der Waals surface area contributed by atoms with E-state index in [2.05, 4.69) is 4.98 Å². The molecule has 0 radical (unpaired) electrons. The van der Waals surface area contributed by atoms with Crippen molar-refractivity contribution in [2.24, 2.45) is 5.73 Å². The highest BCUT2D eigenvalue weighted by Gasteiger charge is 2.13. The van der Waals surface area contributed by atoms with Crippen molar-refractivity contribution >= 4 is 11.8 Å². The number of rotatable bonds is 3. The maximum Gasteiger partial charge on any atom is 0.162 e. The number of nitrogens with two attached hydrogens (primary N) is 1. The fraction of sp³-hybridized carbons (Fsp3) is 0.312. The Morgan fingerprint density at radius 3 is 2.81 bits per heavy atom. The van der Waals surface area contributed by atoms with E-state index in [4.69, 9.17) is 15.2 Å². The van der Waals surface area contributed by atoms with E-state index in [1.807, 2.05) is 37.3 Å². The Bertz CT molecular complexity index is 631. The van der Waals surface area contributed by atoms with Crippen molar-refractivity contribution in [1.82, 2.24) is 4.98 Å². The summed E-state index contributed by atoms with van der Waals surface area (Å²) in [5, 5.41) is 0.932. The normalized spacial score (nSPS) is 15.3. The Balaban J connectivity index is 1.87. The minimum Gasteiger partial charge on any atom is -0.490 e. The summed E-state index contributed by atoms with van der Waals surface area (Å²) >= 11 is 1.60. The number of hydrogen-bond acceptors (Lipinski definition) is 5. The smallest absolute Gasteiger partial charge is 0.162 e. The molecule has 0 bridgehead atoms. The lowest BCUT2D eigenvalue weighted by Crippen LogP contribution is -2.07. The van der Waals surface area contributed by atoms with Crippen molar-refractivity contribution in [3.05, 3.63) is 42.1 Å². The third-order valence-corrected chi connectivity index (χ3v) is 4.25. The molecule has 1 aliphatic heterocycles. The van der Waals surface area contributed by atoms with Gasteiger partial charge in [-0.2, -0.15) is 0 Å². The van der Waals surface area contributed by atoms with Crippen LogP contribution in [-0.2, 0) is 0 Å². The molecule has 0 spiro atoms. The van der Waals surface area contributed by atoms with Crippen molar-refractivity contribution in [3.8, 4) is 11.5 Å². The van der Waals surface area contributed by atoms with Crippen molar-refractivity contribution in [3.63, 3.8) is 0 Å². The van der Waals surface area contributed by atoms with Crippen molar-refractivity contribution in [1.29, 1.82) is 0 Å². The fourth-order valence-electron chi connectivity index (χ4n) is 2.15. The zero-order chi connectivity index (χ0) is 14.7. The average Bonchev–Trinajstić information content (AvgIpc) is 2.72. The van der Waals surface area contributed by atoms with Gasteiger partial charge in [0.15, 0.2) is 11.5 Å². The Labute approximate surface area is 128 Å². The Hall–Kier alpha value is -1.72. The first kappa shape index (κ1) is 14.2. The van der Waals surface area contributed by atoms with Gasteiger partial charge in [0.25, 0.3) is 0 Å². The number of benzene rings is 1. The predicted octanol–water partition coefficient (Wildman–Crippen LogP) is 3.41. The van der Waals surface area contributed by atoms with Gasteiger partial charge in [-0.1, -0.05) is 17.8 Å². The van der Waals surface area contributed by atoms with Gasteiger partial charge >= 0.3 is 0 Å². The zero-order valence-corrected chi connectivity index (χ0v) is 12.7. The molecule has 0 aliphatic carbocycles. The molecule has 3 rings (SSSR count). The summed E-state index contributed by atoms with van der Waals surface area (Å²) in [7, 11) is 0. The summed E-state index contributed by atoms with van der Waals surface area (Å²) in [4.78, 5) is 5.51. The third kappa shape index (κ3) is 3.31. The molecular formula is C16H18N2O2S. The third-order valence-electron chi connectivity index (χ3n) is 3.22. The molecule has 1 aliphatic rings. The van der Waals surface area contributed by atoms with Gasteiger partial charge in [-0.05, 0) is 31.2 Å². The predicted molar refractivity (Wildman–Crippen MR) is 83.0 cm³/mol. The van der Waals surface area contributed by atoms with Gasteiger partial charge in [-0.25, -0.2) is 4.98 Å². The molecule has 110 valence electrons. The lowest BCUT2D eigenvalue weighted by atomic mass is 10.2. The van der Waals surface area contributed by atoms with Crippen LogP contribution in [0.4, 0.5) is 0 Å². The molecule has 0 saturated carbocycles. The number of ether oxygens (including phenoxy) is 2. The maximum atomic E-state index is 6.00. The SMILES string of the molecule is C[C@H](N)c1cccnc1Sc1ccc2c(c1)OCCCO2. The summed E-state index contributed by atoms with van der Waals surface area (Å²) in [6.07, 6.45) is 2.70. The van der Waals surface area contributed by atoms with Crippen molar-refractivity contribution in [2.45, 2.75) is 29.3 Å². The van der Waals surface area contributed by atoms with Crippen LogP contribution in [0.25, 0.3) is 0 Å². The van der Waals surface area contributed by atoms with Crippen LogP contribution in [0.2, 0.25) is 0 Å². The van der Waals surface area contributed by atoms with E-state index in [9.17, 15) is 0 Å². The van der Waals surface area contributed by atoms with Gasteiger partial charge in [-0.15, -0.1) is 0 Å². The molecule has 1 atom stereocenters. The van der Waals surface area contributed by atoms with Crippen molar-refractivity contribution in [2.75, 3.05) is 13.2 Å². The molecule has 2 heterocycles. The van der Waals surface area contributed by atoms with E-state index in [-0.39, 0.29) is 6.04 Å². The topological polar surface area (TPSA) is 57.4 Å². The summed E-state index contributed by atoms with van der Waals surface area (Å²) in [6, 6.07) is 9.88. The number of fused-ring (bicyclic) bond motifs is 1. The van der Waals surface area contributed by atoms with Gasteiger partial charge in [0.05, 0.1) is 13.2 Å². The van der Waals surface area contributed by atoms with Crippen LogP contribution in [-0.4, -0.2) is 18.2 Å². The quantitative estimate of drug-likeness (QED) is 0.941. The van der Waals surface area contributed by atoms with Crippen LogP contribution >= 0.6 is 11.8 Å². The lowest BCUT2D eigenvalue weighted by Gasteiger charge is -2.12. The van der Waals surface area contributed by atoms with Gasteiger partial charge in [-0.3, -0.25) is 0 Å². The Morgan fingerprint density at radius 1 is 1.19 bits per heavy atom. The molecule has 0 amide bonds. The highest BCUT2D eigenvalue weighted by atomic mass is 32.2. The zero-order valence-electron chi connectivity index (χ0n) is 11.9. The first-order valence-electron chi connectivity index (χ1n) is 7.02. The minimum atomic E-state index is -0.0402. The standard InChI is InChI=1S/C16H18N2O2S/c1-11(17)13-4-2-7-18-16(13)21-12-5-6-14-15(10-12)20-9-3-8-19-14/h2,4-7,10-11H,3,8-9,17H2,1H3/t11-/m0/s1. The van der Waals surface area contributed by atoms with Gasteiger partial charge < -0.3 is 15.2 Å². The van der Waals surface area contributed by atoms with E-state index in [0.29, 0.717) is 13.2 Å². The number of pyridine rings is 1.